The Bertz CT molecular complexity index is 522. The molecule has 3 rings (SSSR count). The molecule has 0 saturated carbocycles. The Labute approximate surface area is 117 Å². The Morgan fingerprint density at radius 3 is 3.00 bits per heavy atom. The fourth-order valence-electron chi connectivity index (χ4n) is 2.48. The highest BCUT2D eigenvalue weighted by Gasteiger charge is 2.29. The summed E-state index contributed by atoms with van der Waals surface area (Å²) in [5.74, 6) is 0.775. The number of benzene rings is 1. The van der Waals surface area contributed by atoms with Crippen molar-refractivity contribution in [3.8, 4) is 5.75 Å². The molecule has 0 spiro atoms. The van der Waals surface area contributed by atoms with Gasteiger partial charge in [0.1, 0.15) is 18.4 Å². The van der Waals surface area contributed by atoms with E-state index in [1.165, 1.54) is 0 Å². The van der Waals surface area contributed by atoms with Crippen LogP contribution in [-0.2, 0) is 16.1 Å². The van der Waals surface area contributed by atoms with Gasteiger partial charge in [0.05, 0.1) is 13.1 Å². The molecule has 1 atom stereocenters. The third kappa shape index (κ3) is 2.60. The molecule has 1 unspecified atom stereocenters. The summed E-state index contributed by atoms with van der Waals surface area (Å²) in [6.45, 7) is 2.12. The van der Waals surface area contributed by atoms with Gasteiger partial charge < -0.3 is 15.0 Å². The maximum atomic E-state index is 12.5. The van der Waals surface area contributed by atoms with E-state index in [-0.39, 0.29) is 24.4 Å². The van der Waals surface area contributed by atoms with Gasteiger partial charge in [-0.25, -0.2) is 0 Å². The summed E-state index contributed by atoms with van der Waals surface area (Å²) < 4.78 is 5.65. The summed E-state index contributed by atoms with van der Waals surface area (Å²) >= 11 is 0. The largest absolute Gasteiger partial charge is 0.491 e. The summed E-state index contributed by atoms with van der Waals surface area (Å²) in [6, 6.07) is 7.40. The minimum Gasteiger partial charge on any atom is -0.491 e. The van der Waals surface area contributed by atoms with Crippen LogP contribution in [0.15, 0.2) is 24.3 Å². The number of carbonyl (C=O) groups is 2. The van der Waals surface area contributed by atoms with Gasteiger partial charge in [-0.3, -0.25) is 14.9 Å². The number of amides is 2. The van der Waals surface area contributed by atoms with Crippen LogP contribution < -0.4 is 15.4 Å². The van der Waals surface area contributed by atoms with Crippen molar-refractivity contribution in [1.29, 1.82) is 0 Å². The van der Waals surface area contributed by atoms with E-state index in [0.717, 1.165) is 11.3 Å². The van der Waals surface area contributed by atoms with Crippen LogP contribution in [0.5, 0.6) is 5.75 Å². The Kier molecular flexibility index (Phi) is 3.56. The predicted molar refractivity (Wildman–Crippen MR) is 72.2 cm³/mol. The summed E-state index contributed by atoms with van der Waals surface area (Å²) in [4.78, 5) is 25.4. The number of nitrogens with one attached hydrogen (secondary N) is 2. The van der Waals surface area contributed by atoms with Crippen molar-refractivity contribution < 1.29 is 14.3 Å². The molecule has 1 fully saturated rings. The van der Waals surface area contributed by atoms with Crippen LogP contribution in [0.25, 0.3) is 0 Å². The molecule has 0 bridgehead atoms. The fraction of sp³-hybridized carbons (Fsp3) is 0.429. The number of hydrogen-bond acceptors (Lipinski definition) is 4. The van der Waals surface area contributed by atoms with Crippen LogP contribution >= 0.6 is 0 Å². The van der Waals surface area contributed by atoms with Crippen LogP contribution in [0.1, 0.15) is 5.56 Å². The molecule has 6 heteroatoms. The van der Waals surface area contributed by atoms with Crippen molar-refractivity contribution in [3.05, 3.63) is 29.8 Å². The van der Waals surface area contributed by atoms with E-state index in [0.29, 0.717) is 26.2 Å². The van der Waals surface area contributed by atoms with Gasteiger partial charge in [-0.05, 0) is 6.07 Å². The van der Waals surface area contributed by atoms with Crippen LogP contribution in [0.2, 0.25) is 0 Å². The monoisotopic (exact) mass is 275 g/mol. The first-order valence-electron chi connectivity index (χ1n) is 6.73. The lowest BCUT2D eigenvalue weighted by Gasteiger charge is -2.29. The highest BCUT2D eigenvalue weighted by Crippen LogP contribution is 2.22. The topological polar surface area (TPSA) is 70.7 Å². The number of para-hydroxylation sites is 1. The molecule has 1 aromatic rings. The summed E-state index contributed by atoms with van der Waals surface area (Å²) in [6.07, 6.45) is 0. The molecular weight excluding hydrogens is 258 g/mol. The van der Waals surface area contributed by atoms with Gasteiger partial charge in [-0.1, -0.05) is 18.2 Å². The lowest BCUT2D eigenvalue weighted by molar-refractivity contribution is -0.135. The number of fused-ring (bicyclic) bond motifs is 1. The van der Waals surface area contributed by atoms with E-state index in [4.69, 9.17) is 4.74 Å². The molecule has 1 aromatic carbocycles. The minimum atomic E-state index is -0.349. The number of hydrogen-bond donors (Lipinski definition) is 2. The van der Waals surface area contributed by atoms with E-state index in [9.17, 15) is 9.59 Å². The standard InChI is InChI=1S/C14H17N3O3/c18-13-8-15-11(7-16-13)14(19)17-5-6-20-12-4-2-1-3-10(12)9-17/h1-4,11,15H,5-9H2,(H,16,18). The first-order valence-corrected chi connectivity index (χ1v) is 6.73. The zero-order valence-electron chi connectivity index (χ0n) is 11.1. The van der Waals surface area contributed by atoms with E-state index >= 15 is 0 Å². The molecule has 2 aliphatic heterocycles. The zero-order chi connectivity index (χ0) is 13.9. The first kappa shape index (κ1) is 12.9. The van der Waals surface area contributed by atoms with Crippen molar-refractivity contribution in [2.45, 2.75) is 12.6 Å². The van der Waals surface area contributed by atoms with Gasteiger partial charge >= 0.3 is 0 Å². The zero-order valence-corrected chi connectivity index (χ0v) is 11.1. The SMILES string of the molecule is O=C1CNC(C(=O)N2CCOc3ccccc3C2)CN1. The van der Waals surface area contributed by atoms with Gasteiger partial charge in [0.25, 0.3) is 0 Å². The van der Waals surface area contributed by atoms with Crippen molar-refractivity contribution >= 4 is 11.8 Å². The third-order valence-corrected chi connectivity index (χ3v) is 3.57. The van der Waals surface area contributed by atoms with Gasteiger partial charge in [-0.15, -0.1) is 0 Å². The molecule has 2 N–H and O–H groups in total. The lowest BCUT2D eigenvalue weighted by Crippen LogP contribution is -2.58. The Morgan fingerprint density at radius 2 is 2.20 bits per heavy atom. The van der Waals surface area contributed by atoms with Gasteiger partial charge in [0, 0.05) is 18.7 Å². The maximum Gasteiger partial charge on any atom is 0.241 e. The molecule has 20 heavy (non-hydrogen) atoms. The van der Waals surface area contributed by atoms with Crippen molar-refractivity contribution in [3.63, 3.8) is 0 Å². The predicted octanol–water partition coefficient (Wildman–Crippen LogP) is -0.504. The molecular formula is C14H17N3O3. The average molecular weight is 275 g/mol. The third-order valence-electron chi connectivity index (χ3n) is 3.57. The molecule has 1 saturated heterocycles. The highest BCUT2D eigenvalue weighted by molar-refractivity contribution is 5.86. The number of piperazine rings is 1. The van der Waals surface area contributed by atoms with Crippen LogP contribution in [0.3, 0.4) is 0 Å². The van der Waals surface area contributed by atoms with Gasteiger partial charge in [0.15, 0.2) is 0 Å². The quantitative estimate of drug-likeness (QED) is 0.724. The second-order valence-electron chi connectivity index (χ2n) is 4.95. The van der Waals surface area contributed by atoms with E-state index in [1.54, 1.807) is 4.90 Å². The second-order valence-corrected chi connectivity index (χ2v) is 4.95. The van der Waals surface area contributed by atoms with Crippen LogP contribution in [-0.4, -0.2) is 49.0 Å². The molecule has 2 aliphatic rings. The minimum absolute atomic E-state index is 0.00491. The molecule has 0 aromatic heterocycles. The summed E-state index contributed by atoms with van der Waals surface area (Å²) in [7, 11) is 0. The molecule has 106 valence electrons. The smallest absolute Gasteiger partial charge is 0.241 e. The van der Waals surface area contributed by atoms with Crippen molar-refractivity contribution in [2.75, 3.05) is 26.2 Å². The number of carbonyl (C=O) groups excluding carboxylic acids is 2. The molecule has 0 aliphatic carbocycles. The van der Waals surface area contributed by atoms with Crippen LogP contribution in [0, 0.1) is 0 Å². The molecule has 6 nitrogen and oxygen atoms in total. The van der Waals surface area contributed by atoms with Gasteiger partial charge in [0.2, 0.25) is 11.8 Å². The second kappa shape index (κ2) is 5.50. The van der Waals surface area contributed by atoms with Crippen molar-refractivity contribution in [1.82, 2.24) is 15.5 Å². The van der Waals surface area contributed by atoms with Gasteiger partial charge in [-0.2, -0.15) is 0 Å². The normalized spacial score (nSPS) is 22.3. The number of rotatable bonds is 1. The first-order chi connectivity index (χ1) is 9.74. The fourth-order valence-corrected chi connectivity index (χ4v) is 2.48. The Morgan fingerprint density at radius 1 is 1.35 bits per heavy atom. The van der Waals surface area contributed by atoms with Crippen LogP contribution in [0.4, 0.5) is 0 Å². The Balaban J connectivity index is 1.71. The summed E-state index contributed by atoms with van der Waals surface area (Å²) in [5.41, 5.74) is 1.01. The molecule has 0 radical (unpaired) electrons. The number of ether oxygens (including phenoxy) is 1. The highest BCUT2D eigenvalue weighted by atomic mass is 16.5. The van der Waals surface area contributed by atoms with E-state index < -0.39 is 0 Å². The molecule has 2 amide bonds. The maximum absolute atomic E-state index is 12.5. The molecule has 2 heterocycles. The average Bonchev–Trinajstić information content (AvgIpc) is 2.69. The van der Waals surface area contributed by atoms with E-state index in [2.05, 4.69) is 10.6 Å². The lowest BCUT2D eigenvalue weighted by atomic mass is 10.1. The Hall–Kier alpha value is -2.08. The van der Waals surface area contributed by atoms with E-state index in [1.807, 2.05) is 24.3 Å². The number of nitrogens with zero attached hydrogens (tertiary/aromatic N) is 1. The summed E-state index contributed by atoms with van der Waals surface area (Å²) in [5, 5.41) is 5.67. The van der Waals surface area contributed by atoms with Crippen molar-refractivity contribution in [2.24, 2.45) is 0 Å².